The summed E-state index contributed by atoms with van der Waals surface area (Å²) in [5, 5.41) is 0. The van der Waals surface area contributed by atoms with E-state index in [1.54, 1.807) is 15.9 Å². The Morgan fingerprint density at radius 3 is 0.875 bits per heavy atom. The molecule has 0 aliphatic heterocycles. The van der Waals surface area contributed by atoms with E-state index in [0.29, 0.717) is 16.2 Å². The molecule has 0 spiro atoms. The molecular formula is H7AlCo2Li3MnNi2O6P. The van der Waals surface area contributed by atoms with Crippen LogP contribution in [-0.2, 0) is 94.7 Å². The second kappa shape index (κ2) is 60.4. The Bertz CT molecular complexity index is 115. The van der Waals surface area contributed by atoms with Crippen LogP contribution in [0.1, 0.15) is 4.28 Å². The van der Waals surface area contributed by atoms with E-state index in [0.717, 1.165) is 0 Å². The van der Waals surface area contributed by atoms with Gasteiger partial charge in [0.25, 0.3) is 0 Å². The summed E-state index contributed by atoms with van der Waals surface area (Å²) in [6.45, 7) is 0. The first kappa shape index (κ1) is 70.6. The number of hydrogen-bond acceptors (Lipinski definition) is 3. The zero-order valence-corrected chi connectivity index (χ0v) is 15.9. The Morgan fingerprint density at radius 2 is 0.875 bits per heavy atom. The van der Waals surface area contributed by atoms with Crippen LogP contribution in [0.5, 0.6) is 0 Å². The Labute approximate surface area is 191 Å². The molecule has 6 nitrogen and oxygen atoms in total. The number of hydrogen-bond donors (Lipinski definition) is 3. The molecule has 16 heavy (non-hydrogen) atoms. The molecule has 0 aromatic carbocycles. The van der Waals surface area contributed by atoms with Crippen molar-refractivity contribution < 1.29 is 170 Å². The fourth-order valence-corrected chi connectivity index (χ4v) is 0. The molecule has 0 aromatic rings. The molecule has 0 aliphatic carbocycles. The standard InChI is InChI=1S/Al.2Co.3Li.Mn.2Ni.H3O4P.2O.4H/c;;;;;;;;;1-5(2,3)4;;;;;;/h;;;;;;;;;(H3,1,2,3,4);;;;;;/q;;;3*+1;;;;;;;;3*-1. The maximum absolute atomic E-state index is 8.88. The fraction of sp³-hybridized carbons (Fsp3) is 0. The van der Waals surface area contributed by atoms with E-state index in [1.807, 2.05) is 0 Å². The maximum atomic E-state index is 8.88. The molecule has 0 aliphatic rings. The molecule has 0 aromatic heterocycles. The first-order chi connectivity index (χ1) is 4.00. The van der Waals surface area contributed by atoms with E-state index >= 15 is 0 Å². The Morgan fingerprint density at radius 1 is 0.875 bits per heavy atom. The Kier molecular flexibility index (Phi) is 266. The summed E-state index contributed by atoms with van der Waals surface area (Å²) in [7, 11) is -4.64. The van der Waals surface area contributed by atoms with Crippen molar-refractivity contribution >= 4 is 24.0 Å². The molecular weight excluding hydrogens is 465 g/mol. The monoisotopic (exact) mass is 471 g/mol. The second-order valence-electron chi connectivity index (χ2n) is 0.513. The van der Waals surface area contributed by atoms with Crippen molar-refractivity contribution in [2.75, 3.05) is 0 Å². The van der Waals surface area contributed by atoms with Gasteiger partial charge >= 0.3 is 104 Å². The van der Waals surface area contributed by atoms with Crippen LogP contribution in [0.3, 0.4) is 0 Å². The summed E-state index contributed by atoms with van der Waals surface area (Å²) in [6, 6.07) is 0. The van der Waals surface area contributed by atoms with Crippen LogP contribution in [0.4, 0.5) is 0 Å². The third-order valence-corrected chi connectivity index (χ3v) is 0. The number of phosphoric acid groups is 1. The topological polar surface area (TPSA) is 112 Å². The van der Waals surface area contributed by atoms with Crippen molar-refractivity contribution in [3.8, 4) is 0 Å². The van der Waals surface area contributed by atoms with Gasteiger partial charge in [0.15, 0.2) is 0 Å². The van der Waals surface area contributed by atoms with Gasteiger partial charge in [-0.05, 0) is 0 Å². The van der Waals surface area contributed by atoms with Crippen molar-refractivity contribution in [2.24, 2.45) is 0 Å². The predicted octanol–water partition coefficient (Wildman–Crippen LogP) is -10.5. The van der Waals surface area contributed by atoms with Crippen LogP contribution in [-0.4, -0.2) is 30.9 Å². The molecule has 0 rings (SSSR count). The molecule has 0 saturated carbocycles. The Hall–Kier alpha value is 4.55. The second-order valence-corrected chi connectivity index (χ2v) is 1.54. The van der Waals surface area contributed by atoms with Gasteiger partial charge in [0.05, 0.1) is 0 Å². The van der Waals surface area contributed by atoms with E-state index in [9.17, 15) is 0 Å². The molecule has 3 N–H and O–H groups in total. The van der Waals surface area contributed by atoms with Crippen molar-refractivity contribution in [1.29, 1.82) is 0 Å². The summed E-state index contributed by atoms with van der Waals surface area (Å²) >= 11 is 2.30. The predicted molar refractivity (Wildman–Crippen MR) is 26.1 cm³/mol. The summed E-state index contributed by atoms with van der Waals surface area (Å²) < 4.78 is 25.2. The molecule has 0 bridgehead atoms. The van der Waals surface area contributed by atoms with Gasteiger partial charge in [-0.15, -0.1) is 0 Å². The van der Waals surface area contributed by atoms with E-state index in [1.165, 1.54) is 0 Å². The van der Waals surface area contributed by atoms with Gasteiger partial charge in [-0.25, -0.2) is 4.57 Å². The minimum absolute atomic E-state index is 0. The van der Waals surface area contributed by atoms with Gasteiger partial charge < -0.3 is 19.0 Å². The van der Waals surface area contributed by atoms with Crippen LogP contribution < -0.4 is 56.6 Å². The van der Waals surface area contributed by atoms with Gasteiger partial charge in [-0.2, -0.15) is 0 Å². The first-order valence-electron chi connectivity index (χ1n) is 1.23. The molecule has 0 unspecified atom stereocenters. The van der Waals surface area contributed by atoms with E-state index in [4.69, 9.17) is 26.9 Å². The van der Waals surface area contributed by atoms with Crippen LogP contribution in [0.25, 0.3) is 0 Å². The summed E-state index contributed by atoms with van der Waals surface area (Å²) in [5.41, 5.74) is 0. The summed E-state index contributed by atoms with van der Waals surface area (Å²) in [5.74, 6) is 0. The van der Waals surface area contributed by atoms with E-state index in [-0.39, 0.29) is 127 Å². The SMILES string of the molecule is O=P(O)(O)O.[Co].[Co].[H-].[H-].[H-].[Li+].[Li+].[Li+].[Ni].[Ni].[O]=[AlH].[O]=[Mn]. The molecule has 0 saturated heterocycles. The van der Waals surface area contributed by atoms with Crippen molar-refractivity contribution in [2.45, 2.75) is 0 Å². The minimum atomic E-state index is -4.64. The summed E-state index contributed by atoms with van der Waals surface area (Å²) in [6.07, 6.45) is 0. The van der Waals surface area contributed by atoms with Crippen LogP contribution in [0.2, 0.25) is 0 Å². The fourth-order valence-electron chi connectivity index (χ4n) is 0. The molecule has 99 valence electrons. The third kappa shape index (κ3) is 276. The van der Waals surface area contributed by atoms with Crippen LogP contribution >= 0.6 is 7.82 Å². The van der Waals surface area contributed by atoms with E-state index < -0.39 is 7.82 Å². The molecule has 16 heteroatoms. The third-order valence-electron chi connectivity index (χ3n) is 0. The molecule has 0 atom stereocenters. The summed E-state index contributed by atoms with van der Waals surface area (Å²) in [4.78, 5) is 21.6. The van der Waals surface area contributed by atoms with Gasteiger partial charge in [0.1, 0.15) is 0 Å². The molecule has 0 fully saturated rings. The van der Waals surface area contributed by atoms with Crippen molar-refractivity contribution in [3.05, 3.63) is 0 Å². The molecule has 0 amide bonds. The van der Waals surface area contributed by atoms with Gasteiger partial charge in [0, 0.05) is 66.5 Å². The molecule has 2 radical (unpaired) electrons. The van der Waals surface area contributed by atoms with Crippen LogP contribution in [0, 0.1) is 0 Å². The van der Waals surface area contributed by atoms with Crippen molar-refractivity contribution in [3.63, 3.8) is 0 Å². The quantitative estimate of drug-likeness (QED) is 0.239. The average Bonchev–Trinajstić information content (AvgIpc) is 1.72. The van der Waals surface area contributed by atoms with Gasteiger partial charge in [-0.3, -0.25) is 0 Å². The molecule has 0 heterocycles. The van der Waals surface area contributed by atoms with E-state index in [2.05, 4.69) is 0 Å². The van der Waals surface area contributed by atoms with Crippen molar-refractivity contribution in [1.82, 2.24) is 0 Å². The zero-order valence-electron chi connectivity index (χ0n) is 11.4. The van der Waals surface area contributed by atoms with Crippen LogP contribution in [0.15, 0.2) is 0 Å². The average molecular weight is 472 g/mol. The first-order valence-corrected chi connectivity index (χ1v) is 3.85. The zero-order chi connectivity index (χ0) is 8.50. The van der Waals surface area contributed by atoms with Gasteiger partial charge in [-0.1, -0.05) is 0 Å². The number of rotatable bonds is 0. The Balaban J connectivity index is -0.00000000220. The normalized spacial score (nSPS) is 4.12. The van der Waals surface area contributed by atoms with Gasteiger partial charge in [0.2, 0.25) is 0 Å².